The minimum Gasteiger partial charge on any atom is -0.496 e. The van der Waals surface area contributed by atoms with E-state index < -0.39 is 0 Å². The molecule has 2 aromatic carbocycles. The third-order valence-electron chi connectivity index (χ3n) is 4.56. The molecule has 0 N–H and O–H groups in total. The number of rotatable bonds is 5. The summed E-state index contributed by atoms with van der Waals surface area (Å²) in [4.78, 5) is 16.6. The maximum atomic E-state index is 13.2. The van der Waals surface area contributed by atoms with Gasteiger partial charge in [0.25, 0.3) is 0 Å². The zero-order valence-electron chi connectivity index (χ0n) is 14.5. The van der Waals surface area contributed by atoms with Crippen molar-refractivity contribution in [3.05, 3.63) is 65.5 Å². The van der Waals surface area contributed by atoms with Crippen LogP contribution in [0.2, 0.25) is 0 Å². The quantitative estimate of drug-likeness (QED) is 0.838. The summed E-state index contributed by atoms with van der Waals surface area (Å²) in [7, 11) is 1.68. The van der Waals surface area contributed by atoms with Gasteiger partial charge in [-0.25, -0.2) is 4.39 Å². The molecule has 1 saturated heterocycles. The molecule has 1 amide bonds. The Kier molecular flexibility index (Phi) is 5.66. The number of methoxy groups -OCH3 is 1. The Morgan fingerprint density at radius 1 is 1.08 bits per heavy atom. The first-order chi connectivity index (χ1) is 12.2. The van der Waals surface area contributed by atoms with E-state index in [9.17, 15) is 9.18 Å². The van der Waals surface area contributed by atoms with E-state index >= 15 is 0 Å². The highest BCUT2D eigenvalue weighted by Crippen LogP contribution is 2.20. The molecule has 0 aliphatic carbocycles. The number of carbonyl (C=O) groups is 1. The first-order valence-electron chi connectivity index (χ1n) is 8.52. The maximum absolute atomic E-state index is 13.2. The number of benzene rings is 2. The smallest absolute Gasteiger partial charge is 0.227 e. The lowest BCUT2D eigenvalue weighted by Crippen LogP contribution is -2.48. The molecule has 0 atom stereocenters. The van der Waals surface area contributed by atoms with E-state index in [0.717, 1.165) is 36.5 Å². The third kappa shape index (κ3) is 4.57. The lowest BCUT2D eigenvalue weighted by Gasteiger charge is -2.35. The average Bonchev–Trinajstić information content (AvgIpc) is 2.63. The predicted octanol–water partition coefficient (Wildman–Crippen LogP) is 2.72. The van der Waals surface area contributed by atoms with E-state index in [1.54, 1.807) is 19.2 Å². The Morgan fingerprint density at radius 2 is 1.84 bits per heavy atom. The van der Waals surface area contributed by atoms with Crippen LogP contribution in [-0.4, -0.2) is 49.0 Å². The standard InChI is InChI=1S/C20H23FN2O2/c1-25-19-8-3-2-6-17(19)15-22-9-11-23(12-10-22)20(24)14-16-5-4-7-18(21)13-16/h2-8,13H,9-12,14-15H2,1H3. The van der Waals surface area contributed by atoms with Crippen molar-refractivity contribution in [2.24, 2.45) is 0 Å². The van der Waals surface area contributed by atoms with Crippen molar-refractivity contribution >= 4 is 5.91 Å². The largest absolute Gasteiger partial charge is 0.496 e. The van der Waals surface area contributed by atoms with Gasteiger partial charge in [0.05, 0.1) is 13.5 Å². The molecule has 1 aliphatic heterocycles. The summed E-state index contributed by atoms with van der Waals surface area (Å²) in [6.07, 6.45) is 0.254. The zero-order chi connectivity index (χ0) is 17.6. The molecular weight excluding hydrogens is 319 g/mol. The van der Waals surface area contributed by atoms with Gasteiger partial charge in [-0.2, -0.15) is 0 Å². The molecule has 2 aromatic rings. The van der Waals surface area contributed by atoms with Crippen LogP contribution >= 0.6 is 0 Å². The van der Waals surface area contributed by atoms with Gasteiger partial charge in [0.1, 0.15) is 11.6 Å². The van der Waals surface area contributed by atoms with Gasteiger partial charge < -0.3 is 9.64 Å². The zero-order valence-corrected chi connectivity index (χ0v) is 14.5. The highest BCUT2D eigenvalue weighted by molar-refractivity contribution is 5.78. The first kappa shape index (κ1) is 17.4. The van der Waals surface area contributed by atoms with E-state index in [1.807, 2.05) is 23.1 Å². The number of nitrogens with zero attached hydrogens (tertiary/aromatic N) is 2. The van der Waals surface area contributed by atoms with E-state index in [1.165, 1.54) is 12.1 Å². The van der Waals surface area contributed by atoms with Crippen LogP contribution in [0.25, 0.3) is 0 Å². The van der Waals surface area contributed by atoms with Gasteiger partial charge >= 0.3 is 0 Å². The fraction of sp³-hybridized carbons (Fsp3) is 0.350. The molecule has 25 heavy (non-hydrogen) atoms. The predicted molar refractivity (Wildman–Crippen MR) is 95.0 cm³/mol. The van der Waals surface area contributed by atoms with E-state index in [2.05, 4.69) is 11.0 Å². The molecule has 0 aromatic heterocycles. The molecule has 0 radical (unpaired) electrons. The van der Waals surface area contributed by atoms with Crippen molar-refractivity contribution in [2.75, 3.05) is 33.3 Å². The second-order valence-corrected chi connectivity index (χ2v) is 6.28. The van der Waals surface area contributed by atoms with Crippen LogP contribution in [0.1, 0.15) is 11.1 Å². The van der Waals surface area contributed by atoms with E-state index in [-0.39, 0.29) is 18.1 Å². The number of ether oxygens (including phenoxy) is 1. The van der Waals surface area contributed by atoms with Crippen molar-refractivity contribution in [1.29, 1.82) is 0 Å². The van der Waals surface area contributed by atoms with E-state index in [4.69, 9.17) is 4.74 Å². The molecule has 132 valence electrons. The highest BCUT2D eigenvalue weighted by Gasteiger charge is 2.21. The topological polar surface area (TPSA) is 32.8 Å². The lowest BCUT2D eigenvalue weighted by molar-refractivity contribution is -0.132. The number of hydrogen-bond acceptors (Lipinski definition) is 3. The molecule has 0 bridgehead atoms. The highest BCUT2D eigenvalue weighted by atomic mass is 19.1. The molecule has 3 rings (SSSR count). The van der Waals surface area contributed by atoms with Gasteiger partial charge in [-0.05, 0) is 23.8 Å². The van der Waals surface area contributed by atoms with Crippen LogP contribution < -0.4 is 4.74 Å². The van der Waals surface area contributed by atoms with Crippen molar-refractivity contribution in [3.8, 4) is 5.75 Å². The van der Waals surface area contributed by atoms with Gasteiger partial charge in [0, 0.05) is 38.3 Å². The summed E-state index contributed by atoms with van der Waals surface area (Å²) in [5.74, 6) is 0.654. The normalized spacial score (nSPS) is 15.2. The number of carbonyl (C=O) groups excluding carboxylic acids is 1. The van der Waals surface area contributed by atoms with Gasteiger partial charge in [-0.1, -0.05) is 30.3 Å². The van der Waals surface area contributed by atoms with Crippen LogP contribution in [0.4, 0.5) is 4.39 Å². The molecular formula is C20H23FN2O2. The van der Waals surface area contributed by atoms with Crippen molar-refractivity contribution in [1.82, 2.24) is 9.80 Å². The Morgan fingerprint density at radius 3 is 2.56 bits per heavy atom. The van der Waals surface area contributed by atoms with Gasteiger partial charge in [0.2, 0.25) is 5.91 Å². The van der Waals surface area contributed by atoms with Gasteiger partial charge in [-0.3, -0.25) is 9.69 Å². The molecule has 0 spiro atoms. The van der Waals surface area contributed by atoms with Crippen LogP contribution in [-0.2, 0) is 17.8 Å². The maximum Gasteiger partial charge on any atom is 0.227 e. The molecule has 4 nitrogen and oxygen atoms in total. The Balaban J connectivity index is 1.52. The number of para-hydroxylation sites is 1. The Bertz CT molecular complexity index is 727. The number of halogens is 1. The molecule has 0 unspecified atom stereocenters. The minimum absolute atomic E-state index is 0.0579. The molecule has 1 fully saturated rings. The summed E-state index contributed by atoms with van der Waals surface area (Å²) >= 11 is 0. The molecule has 0 saturated carbocycles. The van der Waals surface area contributed by atoms with Crippen molar-refractivity contribution < 1.29 is 13.9 Å². The SMILES string of the molecule is COc1ccccc1CN1CCN(C(=O)Cc2cccc(F)c2)CC1. The van der Waals surface area contributed by atoms with Crippen LogP contribution in [0.5, 0.6) is 5.75 Å². The van der Waals surface area contributed by atoms with Gasteiger partial charge in [0.15, 0.2) is 0 Å². The molecule has 1 aliphatic rings. The second kappa shape index (κ2) is 8.12. The summed E-state index contributed by atoms with van der Waals surface area (Å²) < 4.78 is 18.6. The van der Waals surface area contributed by atoms with Crippen LogP contribution in [0.15, 0.2) is 48.5 Å². The lowest BCUT2D eigenvalue weighted by atomic mass is 10.1. The molecule has 1 heterocycles. The number of hydrogen-bond donors (Lipinski definition) is 0. The fourth-order valence-corrected chi connectivity index (χ4v) is 3.16. The summed E-state index contributed by atoms with van der Waals surface area (Å²) in [6.45, 7) is 3.86. The number of amides is 1. The first-order valence-corrected chi connectivity index (χ1v) is 8.52. The average molecular weight is 342 g/mol. The molecule has 5 heteroatoms. The fourth-order valence-electron chi connectivity index (χ4n) is 3.16. The summed E-state index contributed by atoms with van der Waals surface area (Å²) in [5.41, 5.74) is 1.88. The van der Waals surface area contributed by atoms with Gasteiger partial charge in [-0.15, -0.1) is 0 Å². The van der Waals surface area contributed by atoms with Crippen LogP contribution in [0, 0.1) is 5.82 Å². The summed E-state index contributed by atoms with van der Waals surface area (Å²) in [6, 6.07) is 14.3. The second-order valence-electron chi connectivity index (χ2n) is 6.28. The summed E-state index contributed by atoms with van der Waals surface area (Å²) in [5, 5.41) is 0. The Hall–Kier alpha value is -2.40. The van der Waals surface area contributed by atoms with Crippen molar-refractivity contribution in [3.63, 3.8) is 0 Å². The monoisotopic (exact) mass is 342 g/mol. The number of piperazine rings is 1. The Labute approximate surface area is 147 Å². The van der Waals surface area contributed by atoms with Crippen molar-refractivity contribution in [2.45, 2.75) is 13.0 Å². The van der Waals surface area contributed by atoms with Crippen LogP contribution in [0.3, 0.4) is 0 Å². The minimum atomic E-state index is -0.299. The third-order valence-corrected chi connectivity index (χ3v) is 4.56. The van der Waals surface area contributed by atoms with E-state index in [0.29, 0.717) is 13.1 Å².